The van der Waals surface area contributed by atoms with Gasteiger partial charge in [0.05, 0.1) is 17.6 Å². The average molecular weight is 425 g/mol. The van der Waals surface area contributed by atoms with Crippen LogP contribution >= 0.6 is 0 Å². The number of methoxy groups -OCH3 is 1. The highest BCUT2D eigenvalue weighted by atomic mass is 32.2. The molecule has 3 rings (SSSR count). The van der Waals surface area contributed by atoms with E-state index in [-0.39, 0.29) is 16.9 Å². The van der Waals surface area contributed by atoms with Crippen LogP contribution < -0.4 is 15.4 Å². The molecule has 2 aliphatic rings. The lowest BCUT2D eigenvalue weighted by Gasteiger charge is -2.54. The zero-order valence-electron chi connectivity index (χ0n) is 17.6. The summed E-state index contributed by atoms with van der Waals surface area (Å²) in [6, 6.07) is 7.20. The quantitative estimate of drug-likeness (QED) is 0.328. The van der Waals surface area contributed by atoms with Crippen molar-refractivity contribution in [2.75, 3.05) is 33.9 Å². The Labute approximate surface area is 173 Å². The molecule has 8 nitrogen and oxygen atoms in total. The van der Waals surface area contributed by atoms with Crippen molar-refractivity contribution in [1.29, 1.82) is 0 Å². The maximum atomic E-state index is 12.4. The fraction of sp³-hybridized carbons (Fsp3) is 0.650. The Kier molecular flexibility index (Phi) is 6.83. The molecule has 3 unspecified atom stereocenters. The normalized spacial score (nSPS) is 25.9. The van der Waals surface area contributed by atoms with Crippen molar-refractivity contribution in [1.82, 2.24) is 15.4 Å². The predicted molar refractivity (Wildman–Crippen MR) is 112 cm³/mol. The van der Waals surface area contributed by atoms with E-state index in [1.54, 1.807) is 25.2 Å². The van der Waals surface area contributed by atoms with Crippen molar-refractivity contribution in [3.05, 3.63) is 29.8 Å². The highest BCUT2D eigenvalue weighted by molar-refractivity contribution is 7.89. The molecule has 9 heteroatoms. The van der Waals surface area contributed by atoms with Crippen LogP contribution in [0.25, 0.3) is 0 Å². The molecule has 1 saturated heterocycles. The summed E-state index contributed by atoms with van der Waals surface area (Å²) in [5.41, 5.74) is 0.915. The Morgan fingerprint density at radius 3 is 2.90 bits per heavy atom. The van der Waals surface area contributed by atoms with Crippen LogP contribution in [0.5, 0.6) is 0 Å². The second-order valence-electron chi connectivity index (χ2n) is 8.15. The van der Waals surface area contributed by atoms with Crippen LogP contribution in [0.2, 0.25) is 0 Å². The number of hydrogen-bond acceptors (Lipinski definition) is 5. The zero-order valence-corrected chi connectivity index (χ0v) is 18.4. The van der Waals surface area contributed by atoms with Crippen LogP contribution in [-0.4, -0.2) is 60.4 Å². The number of hydrogen-bond donors (Lipinski definition) is 3. The highest BCUT2D eigenvalue weighted by Crippen LogP contribution is 2.52. The number of rotatable bonds is 8. The first-order chi connectivity index (χ1) is 13.8. The first-order valence-electron chi connectivity index (χ1n) is 9.96. The third kappa shape index (κ3) is 4.74. The molecule has 0 radical (unpaired) electrons. The molecule has 0 bridgehead atoms. The molecule has 0 spiro atoms. The third-order valence-corrected chi connectivity index (χ3v) is 7.34. The molecule has 2 fully saturated rings. The van der Waals surface area contributed by atoms with Crippen LogP contribution in [0, 0.1) is 11.3 Å². The van der Waals surface area contributed by atoms with Crippen molar-refractivity contribution in [2.45, 2.75) is 43.9 Å². The first-order valence-corrected chi connectivity index (χ1v) is 11.4. The van der Waals surface area contributed by atoms with Crippen molar-refractivity contribution in [2.24, 2.45) is 16.3 Å². The molecule has 3 N–H and O–H groups in total. The van der Waals surface area contributed by atoms with Crippen molar-refractivity contribution in [3.8, 4) is 0 Å². The van der Waals surface area contributed by atoms with Gasteiger partial charge in [-0.15, -0.1) is 0 Å². The monoisotopic (exact) mass is 424 g/mol. The van der Waals surface area contributed by atoms with E-state index in [0.717, 1.165) is 18.6 Å². The average Bonchev–Trinajstić information content (AvgIpc) is 3.15. The number of ether oxygens (including phenoxy) is 2. The van der Waals surface area contributed by atoms with Gasteiger partial charge in [-0.1, -0.05) is 26.0 Å². The summed E-state index contributed by atoms with van der Waals surface area (Å²) in [5, 5.41) is 6.82. The largest absolute Gasteiger partial charge is 0.383 e. The maximum absolute atomic E-state index is 12.4. The van der Waals surface area contributed by atoms with Gasteiger partial charge in [0.2, 0.25) is 10.0 Å². The molecule has 0 aromatic heterocycles. The predicted octanol–water partition coefficient (Wildman–Crippen LogP) is 1.09. The Morgan fingerprint density at radius 1 is 1.38 bits per heavy atom. The van der Waals surface area contributed by atoms with Crippen molar-refractivity contribution >= 4 is 16.0 Å². The number of guanidine groups is 1. The molecule has 1 aliphatic carbocycles. The van der Waals surface area contributed by atoms with Crippen LogP contribution in [0.3, 0.4) is 0 Å². The van der Waals surface area contributed by atoms with E-state index in [2.05, 4.69) is 34.2 Å². The molecule has 0 amide bonds. The molecular formula is C20H32N4O4S. The lowest BCUT2D eigenvalue weighted by atomic mass is 9.57. The van der Waals surface area contributed by atoms with Gasteiger partial charge >= 0.3 is 0 Å². The Balaban J connectivity index is 1.59. The minimum atomic E-state index is -3.56. The molecule has 162 valence electrons. The minimum absolute atomic E-state index is 0.0562. The van der Waals surface area contributed by atoms with Gasteiger partial charge in [0.1, 0.15) is 0 Å². The van der Waals surface area contributed by atoms with Gasteiger partial charge in [-0.05, 0) is 24.1 Å². The maximum Gasteiger partial charge on any atom is 0.240 e. The van der Waals surface area contributed by atoms with E-state index in [9.17, 15) is 8.42 Å². The second-order valence-corrected chi connectivity index (χ2v) is 9.92. The van der Waals surface area contributed by atoms with Crippen LogP contribution in [0.4, 0.5) is 0 Å². The fourth-order valence-electron chi connectivity index (χ4n) is 4.33. The molecule has 29 heavy (non-hydrogen) atoms. The molecule has 1 aromatic rings. The van der Waals surface area contributed by atoms with E-state index in [0.29, 0.717) is 37.2 Å². The van der Waals surface area contributed by atoms with Crippen LogP contribution in [0.1, 0.15) is 25.8 Å². The van der Waals surface area contributed by atoms with Gasteiger partial charge < -0.3 is 20.1 Å². The summed E-state index contributed by atoms with van der Waals surface area (Å²) in [7, 11) is -0.282. The molecule has 1 heterocycles. The standard InChI is InChI=1S/C20H32N4O4S/c1-20(2)17(16-8-10-28-18(16)20)24-19(21-3)22-13-14-6-5-7-15(12-14)29(25,26)23-9-11-27-4/h5-7,12,16-18,23H,8-11,13H2,1-4H3,(H2,21,22,24). The number of sulfonamides is 1. The summed E-state index contributed by atoms with van der Waals surface area (Å²) in [6.07, 6.45) is 1.38. The van der Waals surface area contributed by atoms with E-state index in [1.165, 1.54) is 7.11 Å². The van der Waals surface area contributed by atoms with Crippen LogP contribution in [0.15, 0.2) is 34.2 Å². The summed E-state index contributed by atoms with van der Waals surface area (Å²) in [5.74, 6) is 1.22. The number of nitrogens with zero attached hydrogens (tertiary/aromatic N) is 1. The number of fused-ring (bicyclic) bond motifs is 1. The highest BCUT2D eigenvalue weighted by Gasteiger charge is 2.59. The molecule has 1 aliphatic heterocycles. The topological polar surface area (TPSA) is 101 Å². The Hall–Kier alpha value is -1.68. The smallest absolute Gasteiger partial charge is 0.240 e. The van der Waals surface area contributed by atoms with E-state index >= 15 is 0 Å². The van der Waals surface area contributed by atoms with Gasteiger partial charge in [0.15, 0.2) is 5.96 Å². The van der Waals surface area contributed by atoms with Crippen molar-refractivity contribution in [3.63, 3.8) is 0 Å². The summed E-state index contributed by atoms with van der Waals surface area (Å²) < 4.78 is 38.1. The minimum Gasteiger partial charge on any atom is -0.383 e. The van der Waals surface area contributed by atoms with E-state index < -0.39 is 10.0 Å². The molecule has 3 atom stereocenters. The number of nitrogens with one attached hydrogen (secondary N) is 3. The Bertz CT molecular complexity index is 841. The number of aliphatic imine (C=N–C) groups is 1. The summed E-state index contributed by atoms with van der Waals surface area (Å²) >= 11 is 0. The lowest BCUT2D eigenvalue weighted by Crippen LogP contribution is -2.67. The molecule has 1 aromatic carbocycles. The lowest BCUT2D eigenvalue weighted by molar-refractivity contribution is -0.106. The molecule has 1 saturated carbocycles. The first kappa shape index (κ1) is 22.0. The van der Waals surface area contributed by atoms with Crippen LogP contribution in [-0.2, 0) is 26.0 Å². The summed E-state index contributed by atoms with van der Waals surface area (Å²) in [4.78, 5) is 4.57. The Morgan fingerprint density at radius 2 is 2.17 bits per heavy atom. The summed E-state index contributed by atoms with van der Waals surface area (Å²) in [6.45, 7) is 6.29. The van der Waals surface area contributed by atoms with Gasteiger partial charge in [-0.3, -0.25) is 4.99 Å². The SMILES string of the molecule is CN=C(NCc1cccc(S(=O)(=O)NCCOC)c1)NC1C2CCOC2C1(C)C. The molecular weight excluding hydrogens is 392 g/mol. The van der Waals surface area contributed by atoms with E-state index in [4.69, 9.17) is 9.47 Å². The second kappa shape index (κ2) is 8.99. The van der Waals surface area contributed by atoms with Gasteiger partial charge in [-0.25, -0.2) is 13.1 Å². The van der Waals surface area contributed by atoms with Gasteiger partial charge in [0, 0.05) is 51.2 Å². The van der Waals surface area contributed by atoms with Gasteiger partial charge in [-0.2, -0.15) is 0 Å². The van der Waals surface area contributed by atoms with Crippen molar-refractivity contribution < 1.29 is 17.9 Å². The van der Waals surface area contributed by atoms with Gasteiger partial charge in [0.25, 0.3) is 0 Å². The zero-order chi connectivity index (χ0) is 21.1. The number of benzene rings is 1. The third-order valence-electron chi connectivity index (χ3n) is 5.88. The van der Waals surface area contributed by atoms with E-state index in [1.807, 2.05) is 6.07 Å². The fourth-order valence-corrected chi connectivity index (χ4v) is 5.41.